The standard InChI is InChI=1S/C25H28O3/c1-18-7-6-8-21(17-18)10-14-22(19(2)24(27)28-25(3,4)5)13-9-20-11-15-23(26)16-12-20/h6-17,26H,1-5H3. The number of hydrogen-bond acceptors (Lipinski definition) is 3. The molecule has 3 heteroatoms. The van der Waals surface area contributed by atoms with E-state index in [4.69, 9.17) is 4.74 Å². The van der Waals surface area contributed by atoms with Crippen molar-refractivity contribution in [2.75, 3.05) is 0 Å². The lowest BCUT2D eigenvalue weighted by Crippen LogP contribution is -2.24. The van der Waals surface area contributed by atoms with E-state index in [-0.39, 0.29) is 11.7 Å². The Balaban J connectivity index is 2.37. The molecule has 0 aliphatic rings. The van der Waals surface area contributed by atoms with E-state index in [1.807, 2.05) is 82.3 Å². The maximum Gasteiger partial charge on any atom is 0.334 e. The van der Waals surface area contributed by atoms with E-state index in [1.54, 1.807) is 19.1 Å². The number of esters is 1. The number of aromatic hydroxyl groups is 1. The van der Waals surface area contributed by atoms with Crippen LogP contribution in [-0.4, -0.2) is 16.7 Å². The summed E-state index contributed by atoms with van der Waals surface area (Å²) < 4.78 is 5.52. The lowest BCUT2D eigenvalue weighted by Gasteiger charge is -2.20. The molecule has 2 aromatic rings. The number of phenols is 1. The third kappa shape index (κ3) is 6.92. The number of carbonyl (C=O) groups is 1. The van der Waals surface area contributed by atoms with Gasteiger partial charge in [0, 0.05) is 5.57 Å². The third-order valence-electron chi connectivity index (χ3n) is 3.98. The summed E-state index contributed by atoms with van der Waals surface area (Å²) in [4.78, 5) is 12.5. The topological polar surface area (TPSA) is 46.5 Å². The maximum atomic E-state index is 12.5. The zero-order valence-electron chi connectivity index (χ0n) is 17.2. The first-order valence-electron chi connectivity index (χ1n) is 9.30. The summed E-state index contributed by atoms with van der Waals surface area (Å²) >= 11 is 0. The molecule has 0 fully saturated rings. The van der Waals surface area contributed by atoms with Crippen molar-refractivity contribution >= 4 is 18.1 Å². The monoisotopic (exact) mass is 376 g/mol. The summed E-state index contributed by atoms with van der Waals surface area (Å²) in [5.74, 6) is -0.121. The maximum absolute atomic E-state index is 12.5. The van der Waals surface area contributed by atoms with Crippen LogP contribution in [0, 0.1) is 6.92 Å². The normalized spacial score (nSPS) is 13.0. The number of benzene rings is 2. The van der Waals surface area contributed by atoms with Crippen LogP contribution in [0.2, 0.25) is 0 Å². The van der Waals surface area contributed by atoms with Gasteiger partial charge in [0.1, 0.15) is 11.4 Å². The minimum absolute atomic E-state index is 0.220. The Labute approximate surface area is 167 Å². The molecule has 0 aliphatic carbocycles. The van der Waals surface area contributed by atoms with E-state index in [0.29, 0.717) is 5.57 Å². The molecule has 1 N–H and O–H groups in total. The van der Waals surface area contributed by atoms with Crippen LogP contribution in [0.3, 0.4) is 0 Å². The first-order valence-corrected chi connectivity index (χ1v) is 9.30. The highest BCUT2D eigenvalue weighted by Gasteiger charge is 2.18. The van der Waals surface area contributed by atoms with Gasteiger partial charge in [0.25, 0.3) is 0 Å². The quantitative estimate of drug-likeness (QED) is 0.390. The fourth-order valence-electron chi connectivity index (χ4n) is 2.51. The second-order valence-electron chi connectivity index (χ2n) is 7.75. The molecule has 0 spiro atoms. The van der Waals surface area contributed by atoms with Crippen LogP contribution in [0.15, 0.2) is 71.8 Å². The van der Waals surface area contributed by atoms with Gasteiger partial charge in [0.2, 0.25) is 0 Å². The second kappa shape index (κ2) is 9.23. The Morgan fingerprint density at radius 3 is 2.14 bits per heavy atom. The van der Waals surface area contributed by atoms with Gasteiger partial charge in [-0.15, -0.1) is 0 Å². The lowest BCUT2D eigenvalue weighted by molar-refractivity contribution is -0.149. The van der Waals surface area contributed by atoms with Crippen LogP contribution in [0.5, 0.6) is 5.75 Å². The Kier molecular flexibility index (Phi) is 7.00. The molecule has 2 aromatic carbocycles. The van der Waals surface area contributed by atoms with Crippen LogP contribution in [0.25, 0.3) is 12.2 Å². The largest absolute Gasteiger partial charge is 0.508 e. The van der Waals surface area contributed by atoms with Crippen molar-refractivity contribution in [2.24, 2.45) is 0 Å². The third-order valence-corrected chi connectivity index (χ3v) is 3.98. The Hall–Kier alpha value is -3.07. The van der Waals surface area contributed by atoms with E-state index in [0.717, 1.165) is 16.7 Å². The molecule has 3 nitrogen and oxygen atoms in total. The van der Waals surface area contributed by atoms with Gasteiger partial charge in [-0.05, 0) is 63.5 Å². The fourth-order valence-corrected chi connectivity index (χ4v) is 2.51. The summed E-state index contributed by atoms with van der Waals surface area (Å²) in [7, 11) is 0. The summed E-state index contributed by atoms with van der Waals surface area (Å²) in [6.07, 6.45) is 7.70. The molecular weight excluding hydrogens is 348 g/mol. The highest BCUT2D eigenvalue weighted by atomic mass is 16.6. The summed E-state index contributed by atoms with van der Waals surface area (Å²) in [6.45, 7) is 9.38. The highest BCUT2D eigenvalue weighted by Crippen LogP contribution is 2.19. The van der Waals surface area contributed by atoms with Crippen molar-refractivity contribution in [3.05, 3.63) is 88.5 Å². The van der Waals surface area contributed by atoms with Crippen LogP contribution in [-0.2, 0) is 9.53 Å². The first-order chi connectivity index (χ1) is 13.1. The zero-order chi connectivity index (χ0) is 20.7. The van der Waals surface area contributed by atoms with Gasteiger partial charge in [-0.1, -0.05) is 66.3 Å². The molecule has 0 radical (unpaired) electrons. The van der Waals surface area contributed by atoms with Crippen molar-refractivity contribution in [1.82, 2.24) is 0 Å². The number of allylic oxidation sites excluding steroid dienone is 3. The average molecular weight is 376 g/mol. The van der Waals surface area contributed by atoms with E-state index in [1.165, 1.54) is 5.56 Å². The SMILES string of the molecule is CC(C(=O)OC(C)(C)C)=C(C=Cc1ccc(O)cc1)C=Cc1cccc(C)c1. The molecule has 146 valence electrons. The van der Waals surface area contributed by atoms with E-state index in [9.17, 15) is 9.90 Å². The molecule has 2 rings (SSSR count). The van der Waals surface area contributed by atoms with Crippen molar-refractivity contribution in [1.29, 1.82) is 0 Å². The molecule has 0 saturated carbocycles. The van der Waals surface area contributed by atoms with Crippen molar-refractivity contribution in [3.8, 4) is 5.75 Å². The molecule has 0 atom stereocenters. The molecule has 0 heterocycles. The van der Waals surface area contributed by atoms with Gasteiger partial charge < -0.3 is 9.84 Å². The first kappa shape index (κ1) is 21.2. The van der Waals surface area contributed by atoms with E-state index >= 15 is 0 Å². The van der Waals surface area contributed by atoms with Crippen LogP contribution < -0.4 is 0 Å². The molecule has 0 amide bonds. The zero-order valence-corrected chi connectivity index (χ0v) is 17.2. The number of aryl methyl sites for hydroxylation is 1. The Bertz CT molecular complexity index is 908. The Morgan fingerprint density at radius 1 is 0.964 bits per heavy atom. The smallest absolute Gasteiger partial charge is 0.334 e. The predicted molar refractivity (Wildman–Crippen MR) is 116 cm³/mol. The molecule has 0 unspecified atom stereocenters. The minimum Gasteiger partial charge on any atom is -0.508 e. The molecule has 0 aliphatic heterocycles. The van der Waals surface area contributed by atoms with Crippen LogP contribution >= 0.6 is 0 Å². The second-order valence-corrected chi connectivity index (χ2v) is 7.75. The summed E-state index contributed by atoms with van der Waals surface area (Å²) in [5, 5.41) is 9.43. The van der Waals surface area contributed by atoms with Crippen molar-refractivity contribution < 1.29 is 14.6 Å². The number of carbonyl (C=O) groups excluding carboxylic acids is 1. The molecule has 0 aromatic heterocycles. The van der Waals surface area contributed by atoms with Crippen LogP contribution in [0.1, 0.15) is 44.4 Å². The van der Waals surface area contributed by atoms with Gasteiger partial charge in [0.05, 0.1) is 0 Å². The number of ether oxygens (including phenoxy) is 1. The molecule has 0 saturated heterocycles. The van der Waals surface area contributed by atoms with Gasteiger partial charge >= 0.3 is 5.97 Å². The van der Waals surface area contributed by atoms with Gasteiger partial charge in [-0.3, -0.25) is 0 Å². The van der Waals surface area contributed by atoms with Crippen molar-refractivity contribution in [2.45, 2.75) is 40.2 Å². The highest BCUT2D eigenvalue weighted by molar-refractivity contribution is 5.91. The molecule has 0 bridgehead atoms. The Morgan fingerprint density at radius 2 is 1.57 bits per heavy atom. The van der Waals surface area contributed by atoms with E-state index < -0.39 is 5.60 Å². The van der Waals surface area contributed by atoms with Gasteiger partial charge in [-0.2, -0.15) is 0 Å². The number of hydrogen-bond donors (Lipinski definition) is 1. The molecular formula is C25H28O3. The van der Waals surface area contributed by atoms with Gasteiger partial charge in [-0.25, -0.2) is 4.79 Å². The molecule has 28 heavy (non-hydrogen) atoms. The lowest BCUT2D eigenvalue weighted by atomic mass is 10.0. The predicted octanol–water partition coefficient (Wildman–Crippen LogP) is 6.09. The number of phenolic OH excluding ortho intramolecular Hbond substituents is 1. The average Bonchev–Trinajstić information content (AvgIpc) is 2.61. The van der Waals surface area contributed by atoms with Gasteiger partial charge in [0.15, 0.2) is 0 Å². The van der Waals surface area contributed by atoms with Crippen LogP contribution in [0.4, 0.5) is 0 Å². The summed E-state index contributed by atoms with van der Waals surface area (Å²) in [6, 6.07) is 15.1. The summed E-state index contributed by atoms with van der Waals surface area (Å²) in [5.41, 5.74) is 3.92. The van der Waals surface area contributed by atoms with E-state index in [2.05, 4.69) is 6.07 Å². The fraction of sp³-hybridized carbons (Fsp3) is 0.240. The van der Waals surface area contributed by atoms with Crippen molar-refractivity contribution in [3.63, 3.8) is 0 Å². The minimum atomic E-state index is -0.551. The number of rotatable bonds is 5.